The maximum Gasteiger partial charge on any atom is 0.261 e. The van der Waals surface area contributed by atoms with Gasteiger partial charge in [-0.1, -0.05) is 49.6 Å². The van der Waals surface area contributed by atoms with E-state index >= 15 is 0 Å². The van der Waals surface area contributed by atoms with Gasteiger partial charge in [0.25, 0.3) is 17.7 Å². The summed E-state index contributed by atoms with van der Waals surface area (Å²) in [6, 6.07) is 13.9. The molecule has 4 rings (SSSR count). The number of carbonyl (C=O) groups is 3. The summed E-state index contributed by atoms with van der Waals surface area (Å²) in [6.07, 6.45) is 4.93. The van der Waals surface area contributed by atoms with Crippen molar-refractivity contribution in [1.29, 1.82) is 0 Å². The number of nitrogens with one attached hydrogen (secondary N) is 1. The van der Waals surface area contributed by atoms with Crippen molar-refractivity contribution in [3.8, 4) is 0 Å². The van der Waals surface area contributed by atoms with Crippen LogP contribution in [0.3, 0.4) is 0 Å². The topological polar surface area (TPSA) is 92.5 Å². The van der Waals surface area contributed by atoms with Crippen molar-refractivity contribution in [3.05, 3.63) is 70.8 Å². The van der Waals surface area contributed by atoms with Gasteiger partial charge in [-0.25, -0.2) is 0 Å². The smallest absolute Gasteiger partial charge is 0.261 e. The first-order chi connectivity index (χ1) is 14.1. The predicted octanol–water partition coefficient (Wildman–Crippen LogP) is 3.05. The van der Waals surface area contributed by atoms with E-state index in [1.807, 2.05) is 30.3 Å². The van der Waals surface area contributed by atoms with Crippen molar-refractivity contribution in [1.82, 2.24) is 10.2 Å². The molecule has 0 saturated heterocycles. The molecule has 29 heavy (non-hydrogen) atoms. The van der Waals surface area contributed by atoms with Gasteiger partial charge in [0.1, 0.15) is 0 Å². The van der Waals surface area contributed by atoms with Crippen molar-refractivity contribution in [2.45, 2.75) is 44.2 Å². The third kappa shape index (κ3) is 3.80. The molecule has 0 aromatic heterocycles. The molecule has 1 heterocycles. The molecular weight excluding hydrogens is 366 g/mol. The van der Waals surface area contributed by atoms with Crippen LogP contribution in [-0.4, -0.2) is 35.2 Å². The molecule has 2 aromatic rings. The van der Waals surface area contributed by atoms with E-state index in [4.69, 9.17) is 5.73 Å². The number of nitrogens with zero attached hydrogens (tertiary/aromatic N) is 1. The van der Waals surface area contributed by atoms with Crippen LogP contribution in [-0.2, 0) is 0 Å². The Kier molecular flexibility index (Phi) is 5.45. The lowest BCUT2D eigenvalue weighted by molar-refractivity contribution is 0.0549. The van der Waals surface area contributed by atoms with Gasteiger partial charge in [-0.3, -0.25) is 19.3 Å². The van der Waals surface area contributed by atoms with Crippen LogP contribution in [0, 0.1) is 0 Å². The van der Waals surface area contributed by atoms with E-state index in [0.717, 1.165) is 37.7 Å². The Morgan fingerprint density at radius 2 is 1.69 bits per heavy atom. The third-order valence-electron chi connectivity index (χ3n) is 5.83. The van der Waals surface area contributed by atoms with Gasteiger partial charge in [0, 0.05) is 24.2 Å². The lowest BCUT2D eigenvalue weighted by Gasteiger charge is -2.29. The summed E-state index contributed by atoms with van der Waals surface area (Å²) in [6.45, 7) is 0.279. The van der Waals surface area contributed by atoms with E-state index < -0.39 is 0 Å². The highest BCUT2D eigenvalue weighted by atomic mass is 16.2. The van der Waals surface area contributed by atoms with Crippen LogP contribution >= 0.6 is 0 Å². The van der Waals surface area contributed by atoms with Gasteiger partial charge in [-0.15, -0.1) is 0 Å². The molecule has 1 aliphatic carbocycles. The molecule has 1 aliphatic heterocycles. The van der Waals surface area contributed by atoms with Crippen molar-refractivity contribution < 1.29 is 14.4 Å². The second-order valence-corrected chi connectivity index (χ2v) is 7.76. The molecule has 0 bridgehead atoms. The molecule has 2 aliphatic rings. The van der Waals surface area contributed by atoms with E-state index in [1.54, 1.807) is 12.1 Å². The molecule has 1 atom stereocenters. The first-order valence-electron chi connectivity index (χ1n) is 10.2. The first-order valence-corrected chi connectivity index (χ1v) is 10.2. The Hall–Kier alpha value is -2.99. The molecule has 1 fully saturated rings. The zero-order valence-corrected chi connectivity index (χ0v) is 16.3. The Balaban J connectivity index is 1.46. The second-order valence-electron chi connectivity index (χ2n) is 7.76. The standard InChI is InChI=1S/C23H25N3O3/c24-20(15-7-3-1-4-8-15)14-25-21(27)16-11-12-18-19(13-16)23(29)26(22(18)28)17-9-5-2-6-10-17/h1,3-4,7-8,11-13,17,20H,2,5-6,9-10,14,24H2,(H,25,27). The Morgan fingerprint density at radius 1 is 1.00 bits per heavy atom. The number of benzene rings is 2. The summed E-state index contributed by atoms with van der Waals surface area (Å²) >= 11 is 0. The molecule has 1 saturated carbocycles. The number of rotatable bonds is 5. The Morgan fingerprint density at radius 3 is 2.41 bits per heavy atom. The fraction of sp³-hybridized carbons (Fsp3) is 0.348. The number of imide groups is 1. The number of nitrogens with two attached hydrogens (primary N) is 1. The highest BCUT2D eigenvalue weighted by molar-refractivity contribution is 6.22. The monoisotopic (exact) mass is 391 g/mol. The fourth-order valence-corrected chi connectivity index (χ4v) is 4.19. The quantitative estimate of drug-likeness (QED) is 0.766. The van der Waals surface area contributed by atoms with Crippen LogP contribution in [0.4, 0.5) is 0 Å². The highest BCUT2D eigenvalue weighted by Crippen LogP contribution is 2.31. The van der Waals surface area contributed by atoms with Gasteiger partial charge in [0.15, 0.2) is 0 Å². The van der Waals surface area contributed by atoms with Crippen molar-refractivity contribution in [2.75, 3.05) is 6.54 Å². The minimum absolute atomic E-state index is 0.0303. The molecule has 2 aromatic carbocycles. The molecule has 3 amide bonds. The Bertz CT molecular complexity index is 936. The summed E-state index contributed by atoms with van der Waals surface area (Å²) < 4.78 is 0. The maximum atomic E-state index is 12.9. The number of hydrogen-bond donors (Lipinski definition) is 2. The summed E-state index contributed by atoms with van der Waals surface area (Å²) in [5.74, 6) is -0.835. The predicted molar refractivity (Wildman–Crippen MR) is 110 cm³/mol. The van der Waals surface area contributed by atoms with Crippen LogP contribution in [0.25, 0.3) is 0 Å². The van der Waals surface area contributed by atoms with E-state index in [2.05, 4.69) is 5.32 Å². The third-order valence-corrected chi connectivity index (χ3v) is 5.83. The van der Waals surface area contributed by atoms with Crippen molar-refractivity contribution >= 4 is 17.7 Å². The van der Waals surface area contributed by atoms with Crippen molar-refractivity contribution in [3.63, 3.8) is 0 Å². The molecule has 0 spiro atoms. The van der Waals surface area contributed by atoms with E-state index in [1.165, 1.54) is 11.0 Å². The highest BCUT2D eigenvalue weighted by Gasteiger charge is 2.40. The van der Waals surface area contributed by atoms with Gasteiger partial charge in [-0.05, 0) is 36.6 Å². The van der Waals surface area contributed by atoms with Crippen LogP contribution < -0.4 is 11.1 Å². The van der Waals surface area contributed by atoms with Crippen LogP contribution in [0.2, 0.25) is 0 Å². The van der Waals surface area contributed by atoms with Crippen molar-refractivity contribution in [2.24, 2.45) is 5.73 Å². The van der Waals surface area contributed by atoms with Crippen LogP contribution in [0.5, 0.6) is 0 Å². The van der Waals surface area contributed by atoms with Crippen LogP contribution in [0.1, 0.15) is 74.8 Å². The fourth-order valence-electron chi connectivity index (χ4n) is 4.19. The van der Waals surface area contributed by atoms with Gasteiger partial charge in [-0.2, -0.15) is 0 Å². The normalized spacial score (nSPS) is 17.9. The zero-order valence-electron chi connectivity index (χ0n) is 16.3. The Labute approximate surface area is 170 Å². The largest absolute Gasteiger partial charge is 0.350 e. The zero-order chi connectivity index (χ0) is 20.4. The average Bonchev–Trinajstić information content (AvgIpc) is 3.02. The van der Waals surface area contributed by atoms with Gasteiger partial charge in [0.2, 0.25) is 0 Å². The SMILES string of the molecule is NC(CNC(=O)c1ccc2c(c1)C(=O)N(C1CCCCC1)C2=O)c1ccccc1. The van der Waals surface area contributed by atoms with Gasteiger partial charge in [0.05, 0.1) is 11.1 Å². The summed E-state index contributed by atoms with van der Waals surface area (Å²) in [4.78, 5) is 39.6. The number of amides is 3. The number of hydrogen-bond acceptors (Lipinski definition) is 4. The maximum absolute atomic E-state index is 12.9. The second kappa shape index (κ2) is 8.17. The lowest BCUT2D eigenvalue weighted by Crippen LogP contribution is -2.40. The molecule has 6 nitrogen and oxygen atoms in total. The summed E-state index contributed by atoms with van der Waals surface area (Å²) in [5, 5.41) is 2.82. The lowest BCUT2D eigenvalue weighted by atomic mass is 9.94. The van der Waals surface area contributed by atoms with Crippen LogP contribution in [0.15, 0.2) is 48.5 Å². The summed E-state index contributed by atoms with van der Waals surface area (Å²) in [5.41, 5.74) is 8.13. The molecule has 0 radical (unpaired) electrons. The first kappa shape index (κ1) is 19.3. The minimum atomic E-state index is -0.320. The average molecular weight is 391 g/mol. The number of carbonyl (C=O) groups excluding carboxylic acids is 3. The minimum Gasteiger partial charge on any atom is -0.350 e. The molecule has 6 heteroatoms. The molecule has 150 valence electrons. The molecular formula is C23H25N3O3. The van der Waals surface area contributed by atoms with E-state index in [9.17, 15) is 14.4 Å². The van der Waals surface area contributed by atoms with Gasteiger partial charge < -0.3 is 11.1 Å². The molecule has 1 unspecified atom stereocenters. The molecule has 3 N–H and O–H groups in total. The van der Waals surface area contributed by atoms with E-state index in [-0.39, 0.29) is 36.3 Å². The van der Waals surface area contributed by atoms with Gasteiger partial charge >= 0.3 is 0 Å². The number of fused-ring (bicyclic) bond motifs is 1. The van der Waals surface area contributed by atoms with E-state index in [0.29, 0.717) is 16.7 Å². The summed E-state index contributed by atoms with van der Waals surface area (Å²) in [7, 11) is 0.